The van der Waals surface area contributed by atoms with Crippen LogP contribution < -0.4 is 15.4 Å². The second-order valence-electron chi connectivity index (χ2n) is 6.38. The van der Waals surface area contributed by atoms with Crippen molar-refractivity contribution in [1.29, 1.82) is 0 Å². The van der Waals surface area contributed by atoms with Crippen LogP contribution in [0.2, 0.25) is 15.1 Å². The Bertz CT molecular complexity index is 1250. The number of ether oxygens (including phenoxy) is 1. The molecule has 0 unspecified atom stereocenters. The van der Waals surface area contributed by atoms with Gasteiger partial charge in [0.1, 0.15) is 22.2 Å². The van der Waals surface area contributed by atoms with Gasteiger partial charge >= 0.3 is 6.18 Å². The van der Waals surface area contributed by atoms with E-state index >= 15 is 0 Å². The summed E-state index contributed by atoms with van der Waals surface area (Å²) in [5.74, 6) is -3.85. The largest absolute Gasteiger partial charge is 0.434 e. The lowest BCUT2D eigenvalue weighted by molar-refractivity contribution is -0.137. The molecular weight excluding hydrogens is 548 g/mol. The summed E-state index contributed by atoms with van der Waals surface area (Å²) < 4.78 is 71.1. The molecule has 2 N–H and O–H groups in total. The molecule has 3 rings (SSSR count). The number of hydrogen-bond donors (Lipinski definition) is 2. The van der Waals surface area contributed by atoms with Crippen LogP contribution in [0.25, 0.3) is 0 Å². The molecule has 2 aromatic carbocycles. The predicted octanol–water partition coefficient (Wildman–Crippen LogP) is 7.26. The average molecular weight is 557 g/mol. The van der Waals surface area contributed by atoms with Crippen LogP contribution >= 0.6 is 47.0 Å². The van der Waals surface area contributed by atoms with Gasteiger partial charge in [-0.1, -0.05) is 40.9 Å². The van der Waals surface area contributed by atoms with Crippen molar-refractivity contribution >= 4 is 63.7 Å². The number of thiocarbonyl (C=S) groups is 1. The molecule has 0 aliphatic heterocycles. The zero-order valence-electron chi connectivity index (χ0n) is 16.2. The third-order valence-corrected chi connectivity index (χ3v) is 5.04. The van der Waals surface area contributed by atoms with Gasteiger partial charge in [-0.15, -0.1) is 0 Å². The Morgan fingerprint density at radius 3 is 2.12 bits per heavy atom. The quantitative estimate of drug-likeness (QED) is 0.262. The van der Waals surface area contributed by atoms with Gasteiger partial charge < -0.3 is 10.1 Å². The van der Waals surface area contributed by atoms with Gasteiger partial charge in [0, 0.05) is 11.9 Å². The number of benzene rings is 2. The van der Waals surface area contributed by atoms with E-state index in [1.54, 1.807) is 0 Å². The Balaban J connectivity index is 1.74. The first kappa shape index (κ1) is 25.9. The molecule has 0 bridgehead atoms. The van der Waals surface area contributed by atoms with Gasteiger partial charge in [0.15, 0.2) is 10.9 Å². The molecule has 0 saturated heterocycles. The minimum absolute atomic E-state index is 0.123. The van der Waals surface area contributed by atoms with Crippen LogP contribution in [0.15, 0.2) is 42.6 Å². The number of nitrogens with one attached hydrogen (secondary N) is 2. The predicted molar refractivity (Wildman–Crippen MR) is 121 cm³/mol. The highest BCUT2D eigenvalue weighted by molar-refractivity contribution is 7.80. The summed E-state index contributed by atoms with van der Waals surface area (Å²) >= 11 is 23.0. The highest BCUT2D eigenvalue weighted by atomic mass is 35.5. The first-order valence-corrected chi connectivity index (χ1v) is 10.4. The molecule has 0 spiro atoms. The van der Waals surface area contributed by atoms with Gasteiger partial charge in [-0.05, 0) is 42.5 Å². The Hall–Kier alpha value is -2.73. The maximum atomic E-state index is 13.7. The third kappa shape index (κ3) is 6.03. The zero-order chi connectivity index (χ0) is 25.2. The van der Waals surface area contributed by atoms with Gasteiger partial charge in [-0.2, -0.15) is 13.2 Å². The lowest BCUT2D eigenvalue weighted by Gasteiger charge is -2.14. The summed E-state index contributed by atoms with van der Waals surface area (Å²) in [6, 6.07) is 6.04. The fraction of sp³-hybridized carbons (Fsp3) is 0.0500. The van der Waals surface area contributed by atoms with Gasteiger partial charge in [-0.25, -0.2) is 13.8 Å². The van der Waals surface area contributed by atoms with Crippen LogP contribution in [0.3, 0.4) is 0 Å². The molecule has 0 atom stereocenters. The molecule has 0 saturated carbocycles. The Morgan fingerprint density at radius 2 is 1.59 bits per heavy atom. The molecular formula is C20H9Cl3F5N3O2S. The van der Waals surface area contributed by atoms with Gasteiger partial charge in [-0.3, -0.25) is 10.1 Å². The minimum atomic E-state index is -4.65. The maximum Gasteiger partial charge on any atom is 0.417 e. The van der Waals surface area contributed by atoms with Gasteiger partial charge in [0.25, 0.3) is 5.91 Å². The van der Waals surface area contributed by atoms with E-state index in [9.17, 15) is 26.7 Å². The van der Waals surface area contributed by atoms with E-state index in [0.29, 0.717) is 12.3 Å². The first-order chi connectivity index (χ1) is 15.9. The second kappa shape index (κ2) is 10.3. The number of aromatic nitrogens is 1. The lowest BCUT2D eigenvalue weighted by Crippen LogP contribution is -2.35. The molecule has 178 valence electrons. The SMILES string of the molecule is O=C(NC(=S)Nc1cc(Cl)c(Oc2ncc(C(F)(F)F)cc2Cl)c(Cl)c1)c1c(F)cccc1F. The fourth-order valence-corrected chi connectivity index (χ4v) is 3.50. The normalized spacial score (nSPS) is 11.2. The van der Waals surface area contributed by atoms with Crippen LogP contribution in [0.4, 0.5) is 27.6 Å². The molecule has 0 radical (unpaired) electrons. The molecule has 0 aliphatic rings. The molecule has 3 aromatic rings. The molecule has 1 aromatic heterocycles. The van der Waals surface area contributed by atoms with Crippen molar-refractivity contribution in [3.8, 4) is 11.6 Å². The topological polar surface area (TPSA) is 63.2 Å². The Kier molecular flexibility index (Phi) is 7.81. The molecule has 1 heterocycles. The standard InChI is InChI=1S/C20H9Cl3F5N3O2S/c21-10-5-9(30-19(34)31-17(32)15-13(24)2-1-3-14(15)25)6-11(22)16(10)33-18-12(23)4-8(7-29-18)20(26,27)28/h1-7H,(H2,30,31,32,34). The Morgan fingerprint density at radius 1 is 1.00 bits per heavy atom. The molecule has 34 heavy (non-hydrogen) atoms. The van der Waals surface area contributed by atoms with Crippen LogP contribution in [0, 0.1) is 11.6 Å². The lowest BCUT2D eigenvalue weighted by atomic mass is 10.2. The summed E-state index contributed by atoms with van der Waals surface area (Å²) in [5, 5.41) is 3.65. The third-order valence-electron chi connectivity index (χ3n) is 4.01. The summed E-state index contributed by atoms with van der Waals surface area (Å²) in [5.41, 5.74) is -1.76. The number of halogens is 8. The van der Waals surface area contributed by atoms with Gasteiger partial charge in [0.2, 0.25) is 5.88 Å². The number of hydrogen-bond acceptors (Lipinski definition) is 4. The first-order valence-electron chi connectivity index (χ1n) is 8.82. The average Bonchev–Trinajstić information content (AvgIpc) is 2.70. The monoisotopic (exact) mass is 555 g/mol. The van der Waals surface area contributed by atoms with Crippen molar-refractivity contribution in [3.05, 3.63) is 80.4 Å². The number of rotatable bonds is 4. The molecule has 5 nitrogen and oxygen atoms in total. The van der Waals surface area contributed by atoms with Crippen molar-refractivity contribution in [2.75, 3.05) is 5.32 Å². The van der Waals surface area contributed by atoms with E-state index in [4.69, 9.17) is 51.8 Å². The molecule has 0 fully saturated rings. The maximum absolute atomic E-state index is 13.7. The number of amides is 1. The van der Waals surface area contributed by atoms with Gasteiger partial charge in [0.05, 0.1) is 15.6 Å². The molecule has 14 heteroatoms. The number of anilines is 1. The van der Waals surface area contributed by atoms with Crippen LogP contribution in [-0.4, -0.2) is 16.0 Å². The highest BCUT2D eigenvalue weighted by Gasteiger charge is 2.32. The number of alkyl halides is 3. The van der Waals surface area contributed by atoms with E-state index in [0.717, 1.165) is 18.2 Å². The van der Waals surface area contributed by atoms with Crippen LogP contribution in [-0.2, 0) is 6.18 Å². The van der Waals surface area contributed by atoms with Crippen LogP contribution in [0.5, 0.6) is 11.6 Å². The number of carbonyl (C=O) groups is 1. The van der Waals surface area contributed by atoms with Crippen LogP contribution in [0.1, 0.15) is 15.9 Å². The Labute approximate surface area is 208 Å². The highest BCUT2D eigenvalue weighted by Crippen LogP contribution is 2.41. The molecule has 1 amide bonds. The second-order valence-corrected chi connectivity index (χ2v) is 8.01. The van der Waals surface area contributed by atoms with E-state index in [1.165, 1.54) is 12.1 Å². The smallest absolute Gasteiger partial charge is 0.417 e. The van der Waals surface area contributed by atoms with Crippen molar-refractivity contribution in [2.45, 2.75) is 6.18 Å². The van der Waals surface area contributed by atoms with E-state index in [-0.39, 0.29) is 32.5 Å². The summed E-state index contributed by atoms with van der Waals surface area (Å²) in [4.78, 5) is 15.6. The van der Waals surface area contributed by atoms with E-state index in [2.05, 4.69) is 15.6 Å². The van der Waals surface area contributed by atoms with E-state index in [1.807, 2.05) is 0 Å². The van der Waals surface area contributed by atoms with Crippen molar-refractivity contribution < 1.29 is 31.5 Å². The van der Waals surface area contributed by atoms with Crippen molar-refractivity contribution in [3.63, 3.8) is 0 Å². The number of pyridine rings is 1. The summed E-state index contributed by atoms with van der Waals surface area (Å²) in [6.07, 6.45) is -4.12. The number of nitrogens with zero attached hydrogens (tertiary/aromatic N) is 1. The van der Waals surface area contributed by atoms with Crippen molar-refractivity contribution in [1.82, 2.24) is 10.3 Å². The fourth-order valence-electron chi connectivity index (χ4n) is 2.52. The minimum Gasteiger partial charge on any atom is -0.434 e. The summed E-state index contributed by atoms with van der Waals surface area (Å²) in [7, 11) is 0. The van der Waals surface area contributed by atoms with E-state index < -0.39 is 39.9 Å². The van der Waals surface area contributed by atoms with Crippen molar-refractivity contribution in [2.24, 2.45) is 0 Å². The molecule has 0 aliphatic carbocycles. The number of carbonyl (C=O) groups excluding carboxylic acids is 1. The summed E-state index contributed by atoms with van der Waals surface area (Å²) in [6.45, 7) is 0. The zero-order valence-corrected chi connectivity index (χ0v) is 19.3.